The van der Waals surface area contributed by atoms with Gasteiger partial charge in [-0.25, -0.2) is 0 Å². The van der Waals surface area contributed by atoms with Gasteiger partial charge in [-0.3, -0.25) is 4.79 Å². The molecule has 1 unspecified atom stereocenters. The molecule has 2 saturated heterocycles. The third kappa shape index (κ3) is 7.99. The van der Waals surface area contributed by atoms with Crippen LogP contribution in [0.2, 0.25) is 0 Å². The van der Waals surface area contributed by atoms with Crippen LogP contribution in [-0.2, 0) is 23.7 Å². The van der Waals surface area contributed by atoms with Gasteiger partial charge in [-0.05, 0) is 19.3 Å². The van der Waals surface area contributed by atoms with Crippen molar-refractivity contribution in [2.45, 2.75) is 111 Å². The number of carbonyl (C=O) groups is 1. The number of rotatable bonds is 10. The fourth-order valence-electron chi connectivity index (χ4n) is 4.86. The number of nitrogens with two attached hydrogens (primary N) is 4. The van der Waals surface area contributed by atoms with Gasteiger partial charge < -0.3 is 88.1 Å². The van der Waals surface area contributed by atoms with E-state index >= 15 is 0 Å². The standard InChI is InChI=1S/C22H43N5O13.ClH/c23-2-1-8(29)20(36)27-7-3-6(25)18(39-22-16(34)15(33)13(31)9(4-24)37-22)17(35)19(7)40-21-14(32)11(26)12(30)10(5-28)38-21;/h6-19,21-22,28-35H,1-5,23-26H2,(H,27,36);1H/t6-,7+,8?,9+,10+,11-,12+,13+,14+,15-,16+,17-,18+,19-,21+,22+;/m0./s1/i1D2,2D2,8D;. The molecule has 0 spiro atoms. The van der Waals surface area contributed by atoms with Crippen molar-refractivity contribution in [1.29, 1.82) is 0 Å². The highest BCUT2D eigenvalue weighted by atomic mass is 35.5. The highest BCUT2D eigenvalue weighted by Gasteiger charge is 2.52. The maximum Gasteiger partial charge on any atom is 0.249 e. The van der Waals surface area contributed by atoms with Crippen LogP contribution in [0.4, 0.5) is 0 Å². The summed E-state index contributed by atoms with van der Waals surface area (Å²) in [6.07, 6.45) is -28.2. The second-order valence-electron chi connectivity index (χ2n) is 9.82. The lowest BCUT2D eigenvalue weighted by atomic mass is 9.83. The molecule has 2 heterocycles. The predicted octanol–water partition coefficient (Wildman–Crippen LogP) is -8.00. The van der Waals surface area contributed by atoms with E-state index in [-0.39, 0.29) is 19.0 Å². The molecule has 16 atom stereocenters. The molecule has 242 valence electrons. The van der Waals surface area contributed by atoms with Crippen LogP contribution >= 0.6 is 12.4 Å². The summed E-state index contributed by atoms with van der Waals surface area (Å²) >= 11 is 0. The summed E-state index contributed by atoms with van der Waals surface area (Å²) in [5.41, 5.74) is 22.7. The number of nitrogens with one attached hydrogen (secondary N) is 1. The Morgan fingerprint density at radius 3 is 2.10 bits per heavy atom. The summed E-state index contributed by atoms with van der Waals surface area (Å²) in [6.45, 7) is -4.50. The number of hydrogen-bond acceptors (Lipinski definition) is 17. The predicted molar refractivity (Wildman–Crippen MR) is 139 cm³/mol. The van der Waals surface area contributed by atoms with Crippen molar-refractivity contribution in [3.63, 3.8) is 0 Å². The molecule has 1 amide bonds. The summed E-state index contributed by atoms with van der Waals surface area (Å²) in [7, 11) is 0. The van der Waals surface area contributed by atoms with Crippen LogP contribution in [-0.4, -0.2) is 164 Å². The zero-order chi connectivity index (χ0) is 34.4. The second kappa shape index (κ2) is 15.7. The van der Waals surface area contributed by atoms with E-state index in [0.29, 0.717) is 0 Å². The van der Waals surface area contributed by atoms with Crippen molar-refractivity contribution in [3.05, 3.63) is 0 Å². The highest BCUT2D eigenvalue weighted by molar-refractivity contribution is 5.85. The smallest absolute Gasteiger partial charge is 0.249 e. The van der Waals surface area contributed by atoms with Gasteiger partial charge in [0.2, 0.25) is 5.91 Å². The summed E-state index contributed by atoms with van der Waals surface area (Å²) < 4.78 is 60.6. The fourth-order valence-corrected chi connectivity index (χ4v) is 4.86. The summed E-state index contributed by atoms with van der Waals surface area (Å²) in [5.74, 6) is -1.83. The molecule has 0 bridgehead atoms. The van der Waals surface area contributed by atoms with E-state index in [4.69, 9.17) is 48.7 Å². The first kappa shape index (κ1) is 28.9. The van der Waals surface area contributed by atoms with E-state index in [2.05, 4.69) is 5.32 Å². The van der Waals surface area contributed by atoms with Crippen molar-refractivity contribution in [2.24, 2.45) is 22.9 Å². The Kier molecular flexibility index (Phi) is 11.1. The number of hydrogen-bond donors (Lipinski definition) is 13. The van der Waals surface area contributed by atoms with Gasteiger partial charge in [-0.15, -0.1) is 12.4 Å². The molecule has 2 aliphatic heterocycles. The molecule has 0 radical (unpaired) electrons. The van der Waals surface area contributed by atoms with Gasteiger partial charge in [-0.2, -0.15) is 0 Å². The Labute approximate surface area is 248 Å². The van der Waals surface area contributed by atoms with Gasteiger partial charge in [0.05, 0.1) is 20.1 Å². The molecule has 18 nitrogen and oxygen atoms in total. The highest BCUT2D eigenvalue weighted by Crippen LogP contribution is 2.32. The Morgan fingerprint density at radius 2 is 1.51 bits per heavy atom. The van der Waals surface area contributed by atoms with Crippen molar-refractivity contribution in [2.75, 3.05) is 19.6 Å². The third-order valence-corrected chi connectivity index (χ3v) is 7.16. The van der Waals surface area contributed by atoms with Crippen LogP contribution in [0.15, 0.2) is 0 Å². The van der Waals surface area contributed by atoms with Crippen LogP contribution < -0.4 is 28.3 Å². The third-order valence-electron chi connectivity index (χ3n) is 7.16. The average Bonchev–Trinajstić information content (AvgIpc) is 2.96. The van der Waals surface area contributed by atoms with E-state index in [1.165, 1.54) is 0 Å². The van der Waals surface area contributed by atoms with Crippen LogP contribution in [0.25, 0.3) is 0 Å². The lowest BCUT2D eigenvalue weighted by Gasteiger charge is -2.49. The molecule has 19 heteroatoms. The maximum atomic E-state index is 13.0. The lowest BCUT2D eigenvalue weighted by molar-refractivity contribution is -0.332. The summed E-state index contributed by atoms with van der Waals surface area (Å²) in [4.78, 5) is 13.0. The maximum absolute atomic E-state index is 13.0. The number of aliphatic hydroxyl groups excluding tert-OH is 7. The van der Waals surface area contributed by atoms with E-state index < -0.39 is 130 Å². The molecule has 41 heavy (non-hydrogen) atoms. The number of halogens is 1. The molecule has 1 aliphatic carbocycles. The Hall–Kier alpha value is -0.880. The zero-order valence-electron chi connectivity index (χ0n) is 26.6. The van der Waals surface area contributed by atoms with Crippen molar-refractivity contribution < 1.29 is 71.4 Å². The molecule has 0 aromatic heterocycles. The van der Waals surface area contributed by atoms with Gasteiger partial charge in [-0.1, -0.05) is 0 Å². The SMILES string of the molecule is Cl.[2H]C([2H])(N)C([2H])([2H])C([2H])(O)C(=O)N[C@@H]1C[C@H](N)[C@@H](O[C@H]2O[C@H](CN)[C@@H](O)[C@H](O)[C@H]2O)[C@H](O)[C@H]1O[C@H]1O[C@H](CO)[C@@H](O)[C@H](N)[C@H]1O. The van der Waals surface area contributed by atoms with Crippen molar-refractivity contribution >= 4 is 18.3 Å². The van der Waals surface area contributed by atoms with E-state index in [9.17, 15) is 45.6 Å². The molecule has 0 aromatic rings. The molecule has 3 fully saturated rings. The topological polar surface area (TPSA) is 332 Å². The first-order valence-electron chi connectivity index (χ1n) is 15.0. The van der Waals surface area contributed by atoms with Gasteiger partial charge in [0.1, 0.15) is 67.1 Å². The number of amides is 1. The minimum atomic E-state index is -3.86. The number of carbonyl (C=O) groups excluding carboxylic acids is 1. The van der Waals surface area contributed by atoms with Gasteiger partial charge in [0.25, 0.3) is 0 Å². The molecule has 1 saturated carbocycles. The van der Waals surface area contributed by atoms with E-state index in [1.54, 1.807) is 0 Å². The average molecular weight is 627 g/mol. The Bertz CT molecular complexity index is 1020. The summed E-state index contributed by atoms with van der Waals surface area (Å²) in [6, 6.07) is -4.34. The number of aliphatic hydroxyl groups is 8. The largest absolute Gasteiger partial charge is 0.394 e. The van der Waals surface area contributed by atoms with Gasteiger partial charge in [0, 0.05) is 18.1 Å². The van der Waals surface area contributed by atoms with Gasteiger partial charge >= 0.3 is 0 Å². The minimum Gasteiger partial charge on any atom is -0.394 e. The normalized spacial score (nSPS) is 49.2. The lowest BCUT2D eigenvalue weighted by Crippen LogP contribution is -2.69. The quantitative estimate of drug-likeness (QED) is 0.107. The monoisotopic (exact) mass is 626 g/mol. The first-order valence-corrected chi connectivity index (χ1v) is 12.5. The van der Waals surface area contributed by atoms with Gasteiger partial charge in [0.15, 0.2) is 12.6 Å². The van der Waals surface area contributed by atoms with Crippen LogP contribution in [0.1, 0.15) is 19.6 Å². The minimum absolute atomic E-state index is 0. The Morgan fingerprint density at radius 1 is 0.927 bits per heavy atom. The molecule has 3 rings (SSSR count). The van der Waals surface area contributed by atoms with Crippen molar-refractivity contribution in [3.8, 4) is 0 Å². The van der Waals surface area contributed by atoms with E-state index in [1.807, 2.05) is 0 Å². The fraction of sp³-hybridized carbons (Fsp3) is 0.955. The van der Waals surface area contributed by atoms with E-state index in [0.717, 1.165) is 0 Å². The molecular formula is C22H44ClN5O13. The summed E-state index contributed by atoms with van der Waals surface area (Å²) in [5, 5.41) is 85.0. The van der Waals surface area contributed by atoms with Crippen LogP contribution in [0, 0.1) is 0 Å². The molecule has 3 aliphatic rings. The number of ether oxygens (including phenoxy) is 4. The van der Waals surface area contributed by atoms with Crippen LogP contribution in [0.3, 0.4) is 0 Å². The first-order chi connectivity index (χ1) is 20.6. The molecular weight excluding hydrogens is 578 g/mol. The van der Waals surface area contributed by atoms with Crippen LogP contribution in [0.5, 0.6) is 0 Å². The van der Waals surface area contributed by atoms with Crippen molar-refractivity contribution in [1.82, 2.24) is 5.32 Å². The molecule has 0 aromatic carbocycles. The molecule has 17 N–H and O–H groups in total. The Balaban J connectivity index is 0.00000736. The zero-order valence-corrected chi connectivity index (χ0v) is 22.4. The second-order valence-corrected chi connectivity index (χ2v) is 9.82.